The van der Waals surface area contributed by atoms with E-state index in [2.05, 4.69) is 20.1 Å². The molecule has 19 heavy (non-hydrogen) atoms. The van der Waals surface area contributed by atoms with E-state index in [-0.39, 0.29) is 5.92 Å². The van der Waals surface area contributed by atoms with Crippen molar-refractivity contribution in [2.75, 3.05) is 0 Å². The summed E-state index contributed by atoms with van der Waals surface area (Å²) in [4.78, 5) is 10.5. The third-order valence-corrected chi connectivity index (χ3v) is 4.07. The van der Waals surface area contributed by atoms with Gasteiger partial charge in [-0.1, -0.05) is 90.9 Å². The molecule has 1 unspecified atom stereocenters. The van der Waals surface area contributed by atoms with Gasteiger partial charge in [-0.05, 0) is 12.8 Å². The summed E-state index contributed by atoms with van der Waals surface area (Å²) in [6.07, 6.45) is 20.7. The summed E-state index contributed by atoms with van der Waals surface area (Å²) in [7, 11) is 0. The summed E-state index contributed by atoms with van der Waals surface area (Å²) in [6.45, 7) is 4.35. The second-order valence-corrected chi connectivity index (χ2v) is 5.90. The van der Waals surface area contributed by atoms with E-state index in [0.29, 0.717) is 0 Å². The first-order valence-electron chi connectivity index (χ1n) is 8.72. The molecule has 0 saturated heterocycles. The highest BCUT2D eigenvalue weighted by Gasteiger charge is 2.04. The maximum Gasteiger partial charge on any atom is 0.201 e. The molecule has 0 rings (SSSR count). The minimum absolute atomic E-state index is 0.197. The van der Waals surface area contributed by atoms with E-state index in [1.54, 1.807) is 0 Å². The van der Waals surface area contributed by atoms with Crippen LogP contribution in [0, 0.1) is 5.92 Å². The fraction of sp³-hybridized carbons (Fsp3) is 0.944. The predicted octanol–water partition coefficient (Wildman–Crippen LogP) is 6.21. The average molecular weight is 267 g/mol. The monoisotopic (exact) mass is 267 g/mol. The van der Waals surface area contributed by atoms with Crippen LogP contribution in [0.25, 0.3) is 0 Å². The maximum absolute atomic E-state index is 10.5. The first-order valence-corrected chi connectivity index (χ1v) is 8.72. The van der Waals surface area contributed by atoms with Crippen molar-refractivity contribution < 1.29 is 4.79 Å². The molecule has 0 aromatic carbocycles. The van der Waals surface area contributed by atoms with Crippen LogP contribution in [0.5, 0.6) is 0 Å². The van der Waals surface area contributed by atoms with Gasteiger partial charge in [-0.25, -0.2) is 0 Å². The van der Waals surface area contributed by atoms with E-state index in [4.69, 9.17) is 0 Å². The van der Waals surface area contributed by atoms with Gasteiger partial charge in [0.25, 0.3) is 0 Å². The van der Waals surface area contributed by atoms with E-state index >= 15 is 0 Å². The number of hydrogen-bond acceptors (Lipinski definition) is 1. The first kappa shape index (κ1) is 18.7. The number of hydrogen-bond donors (Lipinski definition) is 0. The summed E-state index contributed by atoms with van der Waals surface area (Å²) in [5.74, 6) is 0.197. The van der Waals surface area contributed by atoms with Gasteiger partial charge in [0.05, 0.1) is 0 Å². The lowest BCUT2D eigenvalue weighted by Crippen LogP contribution is -1.99. The molecule has 0 amide bonds. The zero-order valence-electron chi connectivity index (χ0n) is 13.4. The second-order valence-electron chi connectivity index (χ2n) is 5.90. The lowest BCUT2D eigenvalue weighted by Gasteiger charge is -2.06. The standard InChI is InChI=1S/C18H35O/c1-3-5-6-7-8-9-10-11-12-13-14-15-16-18(4-2)17-19/h18H,3-16H2,1-2H3. The summed E-state index contributed by atoms with van der Waals surface area (Å²) in [5.41, 5.74) is 0. The van der Waals surface area contributed by atoms with Gasteiger partial charge < -0.3 is 0 Å². The van der Waals surface area contributed by atoms with Crippen LogP contribution in [0.4, 0.5) is 0 Å². The van der Waals surface area contributed by atoms with Crippen molar-refractivity contribution in [2.24, 2.45) is 5.92 Å². The molecular formula is C18H35O. The molecule has 0 aliphatic carbocycles. The Kier molecular flexibility index (Phi) is 15.5. The number of rotatable bonds is 15. The van der Waals surface area contributed by atoms with Gasteiger partial charge in [-0.15, -0.1) is 0 Å². The number of unbranched alkanes of at least 4 members (excludes halogenated alkanes) is 11. The molecule has 0 heterocycles. The molecule has 113 valence electrons. The molecule has 0 spiro atoms. The van der Waals surface area contributed by atoms with E-state index in [9.17, 15) is 4.79 Å². The van der Waals surface area contributed by atoms with Crippen molar-refractivity contribution in [3.63, 3.8) is 0 Å². The molecule has 0 aromatic heterocycles. The molecule has 1 atom stereocenters. The van der Waals surface area contributed by atoms with E-state index in [1.165, 1.54) is 77.0 Å². The maximum atomic E-state index is 10.5. The Bertz CT molecular complexity index is 177. The van der Waals surface area contributed by atoms with Crippen LogP contribution in [-0.4, -0.2) is 6.29 Å². The smallest absolute Gasteiger partial charge is 0.201 e. The second kappa shape index (κ2) is 15.7. The van der Waals surface area contributed by atoms with Gasteiger partial charge in [0.1, 0.15) is 0 Å². The third-order valence-electron chi connectivity index (χ3n) is 4.07. The van der Waals surface area contributed by atoms with Crippen LogP contribution in [-0.2, 0) is 4.79 Å². The fourth-order valence-electron chi connectivity index (χ4n) is 2.58. The van der Waals surface area contributed by atoms with E-state index in [0.717, 1.165) is 12.8 Å². The van der Waals surface area contributed by atoms with Crippen LogP contribution >= 0.6 is 0 Å². The SMILES string of the molecule is CCCCCCCCCCCCCCC([C]=O)CC. The van der Waals surface area contributed by atoms with Gasteiger partial charge in [0, 0.05) is 5.92 Å². The summed E-state index contributed by atoms with van der Waals surface area (Å²) < 4.78 is 0. The van der Waals surface area contributed by atoms with Crippen molar-refractivity contribution in [1.29, 1.82) is 0 Å². The topological polar surface area (TPSA) is 17.1 Å². The van der Waals surface area contributed by atoms with Crippen LogP contribution in [0.15, 0.2) is 0 Å². The zero-order chi connectivity index (χ0) is 14.2. The summed E-state index contributed by atoms with van der Waals surface area (Å²) in [6, 6.07) is 0. The molecule has 1 radical (unpaired) electrons. The molecule has 0 aromatic rings. The molecule has 1 heteroatoms. The summed E-state index contributed by atoms with van der Waals surface area (Å²) in [5, 5.41) is 0. The average Bonchev–Trinajstić information content (AvgIpc) is 2.44. The molecule has 0 bridgehead atoms. The molecule has 0 N–H and O–H groups in total. The van der Waals surface area contributed by atoms with Crippen LogP contribution < -0.4 is 0 Å². The predicted molar refractivity (Wildman–Crippen MR) is 85.2 cm³/mol. The summed E-state index contributed by atoms with van der Waals surface area (Å²) >= 11 is 0. The Morgan fingerprint density at radius 1 is 0.684 bits per heavy atom. The van der Waals surface area contributed by atoms with Gasteiger partial charge in [-0.3, -0.25) is 4.79 Å². The Labute approximate surface area is 121 Å². The van der Waals surface area contributed by atoms with Crippen LogP contribution in [0.2, 0.25) is 0 Å². The highest BCUT2D eigenvalue weighted by atomic mass is 16.1. The molecule has 0 saturated carbocycles. The minimum Gasteiger partial charge on any atom is -0.291 e. The van der Waals surface area contributed by atoms with E-state index < -0.39 is 0 Å². The highest BCUT2D eigenvalue weighted by Crippen LogP contribution is 2.14. The molecule has 1 nitrogen and oxygen atoms in total. The first-order chi connectivity index (χ1) is 9.35. The largest absolute Gasteiger partial charge is 0.291 e. The van der Waals surface area contributed by atoms with Gasteiger partial charge in [-0.2, -0.15) is 0 Å². The molecule has 0 aliphatic heterocycles. The Balaban J connectivity index is 3.04. The molecular weight excluding hydrogens is 232 g/mol. The zero-order valence-corrected chi connectivity index (χ0v) is 13.4. The Morgan fingerprint density at radius 3 is 1.47 bits per heavy atom. The van der Waals surface area contributed by atoms with Crippen molar-refractivity contribution in [2.45, 2.75) is 104 Å². The molecule has 0 fully saturated rings. The number of carbonyl (C=O) groups excluding carboxylic acids is 1. The van der Waals surface area contributed by atoms with Gasteiger partial charge in [0.2, 0.25) is 6.29 Å². The Morgan fingerprint density at radius 2 is 1.11 bits per heavy atom. The molecule has 0 aliphatic rings. The van der Waals surface area contributed by atoms with Gasteiger partial charge >= 0.3 is 0 Å². The van der Waals surface area contributed by atoms with Crippen LogP contribution in [0.3, 0.4) is 0 Å². The van der Waals surface area contributed by atoms with Gasteiger partial charge in [0.15, 0.2) is 0 Å². The highest BCUT2D eigenvalue weighted by molar-refractivity contribution is 5.54. The normalized spacial score (nSPS) is 12.5. The van der Waals surface area contributed by atoms with E-state index in [1.807, 2.05) is 0 Å². The quantitative estimate of drug-likeness (QED) is 0.322. The van der Waals surface area contributed by atoms with Crippen LogP contribution in [0.1, 0.15) is 104 Å². The Hall–Kier alpha value is -0.330. The van der Waals surface area contributed by atoms with Crippen molar-refractivity contribution in [1.82, 2.24) is 0 Å². The lowest BCUT2D eigenvalue weighted by atomic mass is 9.99. The van der Waals surface area contributed by atoms with Crippen molar-refractivity contribution in [3.05, 3.63) is 0 Å². The third kappa shape index (κ3) is 13.9. The minimum atomic E-state index is 0.197. The van der Waals surface area contributed by atoms with Crippen molar-refractivity contribution >= 4 is 6.29 Å². The lowest BCUT2D eigenvalue weighted by molar-refractivity contribution is 0.476. The van der Waals surface area contributed by atoms with Crippen molar-refractivity contribution in [3.8, 4) is 0 Å². The fourth-order valence-corrected chi connectivity index (χ4v) is 2.58.